The largest absolute Gasteiger partial charge is 0.384 e. The molecule has 2 aromatic rings. The van der Waals surface area contributed by atoms with Crippen LogP contribution in [0.2, 0.25) is 0 Å². The Bertz CT molecular complexity index is 589. The quantitative estimate of drug-likeness (QED) is 0.786. The average Bonchev–Trinajstić information content (AvgIpc) is 2.92. The predicted molar refractivity (Wildman–Crippen MR) is 79.6 cm³/mol. The number of nitrogen functional groups attached to an aromatic ring is 1. The molecule has 0 fully saturated rings. The highest BCUT2D eigenvalue weighted by molar-refractivity contribution is 7.09. The molecule has 0 atom stereocenters. The van der Waals surface area contributed by atoms with Crippen molar-refractivity contribution < 1.29 is 4.79 Å². The number of anilines is 1. The first-order valence-corrected chi connectivity index (χ1v) is 7.40. The third kappa shape index (κ3) is 4.06. The van der Waals surface area contributed by atoms with E-state index in [2.05, 4.69) is 15.4 Å². The molecule has 6 nitrogen and oxygen atoms in total. The van der Waals surface area contributed by atoms with Gasteiger partial charge < -0.3 is 11.1 Å². The number of carbonyl (C=O) groups excluding carboxylic acids is 1. The van der Waals surface area contributed by atoms with Crippen molar-refractivity contribution in [2.45, 2.75) is 33.2 Å². The van der Waals surface area contributed by atoms with E-state index in [1.54, 1.807) is 17.4 Å². The summed E-state index contributed by atoms with van der Waals surface area (Å²) in [5.74, 6) is 0.436. The van der Waals surface area contributed by atoms with Crippen LogP contribution in [0, 0.1) is 13.8 Å². The van der Waals surface area contributed by atoms with Gasteiger partial charge in [0.05, 0.1) is 10.7 Å². The van der Waals surface area contributed by atoms with Crippen molar-refractivity contribution in [1.82, 2.24) is 20.1 Å². The number of nitrogens with two attached hydrogens (primary N) is 1. The van der Waals surface area contributed by atoms with Crippen LogP contribution >= 0.6 is 11.3 Å². The molecular formula is C13H19N5OS. The molecule has 0 spiro atoms. The summed E-state index contributed by atoms with van der Waals surface area (Å²) >= 11 is 1.66. The van der Waals surface area contributed by atoms with E-state index in [0.717, 1.165) is 29.2 Å². The minimum Gasteiger partial charge on any atom is -0.384 e. The molecule has 7 heteroatoms. The summed E-state index contributed by atoms with van der Waals surface area (Å²) in [7, 11) is 0. The lowest BCUT2D eigenvalue weighted by Crippen LogP contribution is -2.29. The van der Waals surface area contributed by atoms with E-state index in [4.69, 9.17) is 5.73 Å². The van der Waals surface area contributed by atoms with Crippen LogP contribution in [0.5, 0.6) is 0 Å². The van der Waals surface area contributed by atoms with Gasteiger partial charge in [-0.2, -0.15) is 5.10 Å². The van der Waals surface area contributed by atoms with Crippen LogP contribution in [-0.4, -0.2) is 27.2 Å². The first-order chi connectivity index (χ1) is 9.54. The maximum Gasteiger partial charge on any atom is 0.241 e. The molecule has 0 unspecified atom stereocenters. The monoisotopic (exact) mass is 293 g/mol. The van der Waals surface area contributed by atoms with Gasteiger partial charge in [0, 0.05) is 30.1 Å². The van der Waals surface area contributed by atoms with Gasteiger partial charge in [0.2, 0.25) is 5.91 Å². The second-order valence-electron chi connectivity index (χ2n) is 4.70. The van der Waals surface area contributed by atoms with Gasteiger partial charge in [-0.05, 0) is 20.3 Å². The zero-order valence-electron chi connectivity index (χ0n) is 11.7. The summed E-state index contributed by atoms with van der Waals surface area (Å²) in [5, 5.41) is 10.2. The molecule has 0 aliphatic carbocycles. The van der Waals surface area contributed by atoms with Gasteiger partial charge in [0.25, 0.3) is 0 Å². The Kier molecular flexibility index (Phi) is 4.73. The number of nitrogens with zero attached hydrogens (tertiary/aromatic N) is 3. The summed E-state index contributed by atoms with van der Waals surface area (Å²) in [5.41, 5.74) is 7.60. The average molecular weight is 293 g/mol. The lowest BCUT2D eigenvalue weighted by atomic mass is 10.3. The number of amides is 1. The van der Waals surface area contributed by atoms with E-state index in [9.17, 15) is 4.79 Å². The van der Waals surface area contributed by atoms with E-state index in [1.165, 1.54) is 4.68 Å². The van der Waals surface area contributed by atoms with Gasteiger partial charge in [0.15, 0.2) is 0 Å². The first-order valence-electron chi connectivity index (χ1n) is 6.52. The van der Waals surface area contributed by atoms with Crippen LogP contribution < -0.4 is 11.1 Å². The number of nitrogens with one attached hydrogen (secondary N) is 1. The molecule has 0 bridgehead atoms. The van der Waals surface area contributed by atoms with Crippen LogP contribution in [0.15, 0.2) is 11.4 Å². The van der Waals surface area contributed by atoms with Crippen LogP contribution in [0.3, 0.4) is 0 Å². The molecule has 2 heterocycles. The number of aromatic nitrogens is 3. The number of hydrogen-bond donors (Lipinski definition) is 2. The predicted octanol–water partition coefficient (Wildman–Crippen LogP) is 1.29. The van der Waals surface area contributed by atoms with Gasteiger partial charge in [-0.25, -0.2) is 9.67 Å². The van der Waals surface area contributed by atoms with E-state index >= 15 is 0 Å². The molecule has 0 saturated carbocycles. The normalized spacial score (nSPS) is 10.7. The van der Waals surface area contributed by atoms with Gasteiger partial charge in [-0.3, -0.25) is 4.79 Å². The molecule has 0 radical (unpaired) electrons. The van der Waals surface area contributed by atoms with Crippen LogP contribution in [0.4, 0.5) is 5.82 Å². The Balaban J connectivity index is 1.69. The van der Waals surface area contributed by atoms with E-state index in [1.807, 2.05) is 19.2 Å². The van der Waals surface area contributed by atoms with Crippen molar-refractivity contribution in [3.05, 3.63) is 27.8 Å². The minimum absolute atomic E-state index is 0.0740. The molecule has 0 saturated heterocycles. The Morgan fingerprint density at radius 2 is 2.25 bits per heavy atom. The maximum atomic E-state index is 11.7. The fraction of sp³-hybridized carbons (Fsp3) is 0.462. The molecule has 0 aromatic carbocycles. The molecule has 2 rings (SSSR count). The summed E-state index contributed by atoms with van der Waals surface area (Å²) in [6, 6.07) is 1.75. The number of thiazole rings is 1. The number of aryl methyl sites for hydroxylation is 3. The minimum atomic E-state index is -0.0740. The second kappa shape index (κ2) is 6.51. The van der Waals surface area contributed by atoms with Crippen molar-refractivity contribution in [2.24, 2.45) is 0 Å². The molecule has 0 aliphatic rings. The highest BCUT2D eigenvalue weighted by atomic mass is 32.1. The lowest BCUT2D eigenvalue weighted by molar-refractivity contribution is -0.121. The molecule has 0 aliphatic heterocycles. The van der Waals surface area contributed by atoms with Gasteiger partial charge in [0.1, 0.15) is 12.4 Å². The van der Waals surface area contributed by atoms with Gasteiger partial charge in [-0.1, -0.05) is 0 Å². The molecule has 3 N–H and O–H groups in total. The Morgan fingerprint density at radius 1 is 1.45 bits per heavy atom. The van der Waals surface area contributed by atoms with Gasteiger partial charge >= 0.3 is 0 Å². The van der Waals surface area contributed by atoms with E-state index < -0.39 is 0 Å². The van der Waals surface area contributed by atoms with Crippen molar-refractivity contribution in [1.29, 1.82) is 0 Å². The van der Waals surface area contributed by atoms with Crippen molar-refractivity contribution in [2.75, 3.05) is 12.3 Å². The van der Waals surface area contributed by atoms with Crippen molar-refractivity contribution in [3.63, 3.8) is 0 Å². The SMILES string of the molecule is Cc1csc(CCCNC(=O)Cn2nc(C)cc2N)n1. The topological polar surface area (TPSA) is 85.8 Å². The van der Waals surface area contributed by atoms with Crippen molar-refractivity contribution in [3.8, 4) is 0 Å². The van der Waals surface area contributed by atoms with Crippen LogP contribution in [-0.2, 0) is 17.8 Å². The highest BCUT2D eigenvalue weighted by Crippen LogP contribution is 2.10. The fourth-order valence-electron chi connectivity index (χ4n) is 1.87. The maximum absolute atomic E-state index is 11.7. The van der Waals surface area contributed by atoms with Crippen molar-refractivity contribution >= 4 is 23.1 Å². The Labute approximate surface area is 122 Å². The Morgan fingerprint density at radius 3 is 2.85 bits per heavy atom. The molecule has 20 heavy (non-hydrogen) atoms. The lowest BCUT2D eigenvalue weighted by Gasteiger charge is -2.06. The first kappa shape index (κ1) is 14.5. The summed E-state index contributed by atoms with van der Waals surface area (Å²) < 4.78 is 1.51. The molecule has 1 amide bonds. The smallest absolute Gasteiger partial charge is 0.241 e. The van der Waals surface area contributed by atoms with E-state index in [0.29, 0.717) is 12.4 Å². The van der Waals surface area contributed by atoms with Gasteiger partial charge in [-0.15, -0.1) is 11.3 Å². The third-order valence-electron chi connectivity index (χ3n) is 2.78. The molecule has 2 aromatic heterocycles. The zero-order chi connectivity index (χ0) is 14.5. The summed E-state index contributed by atoms with van der Waals surface area (Å²) in [4.78, 5) is 16.1. The van der Waals surface area contributed by atoms with Crippen LogP contribution in [0.1, 0.15) is 22.8 Å². The highest BCUT2D eigenvalue weighted by Gasteiger charge is 2.07. The number of carbonyl (C=O) groups is 1. The number of hydrogen-bond acceptors (Lipinski definition) is 5. The fourth-order valence-corrected chi connectivity index (χ4v) is 2.69. The number of rotatable bonds is 6. The second-order valence-corrected chi connectivity index (χ2v) is 5.65. The Hall–Kier alpha value is -1.89. The van der Waals surface area contributed by atoms with Crippen LogP contribution in [0.25, 0.3) is 0 Å². The zero-order valence-corrected chi connectivity index (χ0v) is 12.5. The summed E-state index contributed by atoms with van der Waals surface area (Å²) in [6.07, 6.45) is 1.77. The summed E-state index contributed by atoms with van der Waals surface area (Å²) in [6.45, 7) is 4.63. The van der Waals surface area contributed by atoms with E-state index in [-0.39, 0.29) is 12.5 Å². The molecule has 108 valence electrons. The molecular weight excluding hydrogens is 274 g/mol. The third-order valence-corrected chi connectivity index (χ3v) is 3.81. The standard InChI is InChI=1S/C13H19N5OS/c1-9-6-11(14)18(17-9)7-12(19)15-5-3-4-13-16-10(2)8-20-13/h6,8H,3-5,7,14H2,1-2H3,(H,15,19).